The number of aromatic nitrogens is 3. The van der Waals surface area contributed by atoms with Crippen LogP contribution in [0.5, 0.6) is 0 Å². The molecule has 0 bridgehead atoms. The molecule has 2 aromatic heterocycles. The first-order chi connectivity index (χ1) is 8.72. The first kappa shape index (κ1) is 11.0. The summed E-state index contributed by atoms with van der Waals surface area (Å²) in [5.74, 6) is -0.389. The average molecular weight is 243 g/mol. The third kappa shape index (κ3) is 1.51. The van der Waals surface area contributed by atoms with Crippen LogP contribution in [0.25, 0.3) is 11.3 Å². The summed E-state index contributed by atoms with van der Waals surface area (Å²) in [5, 5.41) is 9.37. The molecule has 1 aliphatic carbocycles. The van der Waals surface area contributed by atoms with Crippen LogP contribution in [0.4, 0.5) is 0 Å². The van der Waals surface area contributed by atoms with Gasteiger partial charge < -0.3 is 10.1 Å². The maximum Gasteiger partial charge on any atom is 0.317 e. The minimum Gasteiger partial charge on any atom is -0.480 e. The number of hydrogen-bond donors (Lipinski definition) is 2. The van der Waals surface area contributed by atoms with Gasteiger partial charge in [0, 0.05) is 24.2 Å². The van der Waals surface area contributed by atoms with E-state index in [1.54, 1.807) is 12.3 Å². The molecule has 5 nitrogen and oxygen atoms in total. The van der Waals surface area contributed by atoms with Gasteiger partial charge in [-0.15, -0.1) is 0 Å². The predicted octanol–water partition coefficient (Wildman–Crippen LogP) is 1.98. The Morgan fingerprint density at radius 2 is 2.22 bits per heavy atom. The van der Waals surface area contributed by atoms with Gasteiger partial charge in [0.05, 0.1) is 5.69 Å². The monoisotopic (exact) mass is 243 g/mol. The average Bonchev–Trinajstić information content (AvgIpc) is 2.80. The SMILES string of the molecule is O=C(O)C1(c2nccc(-c3cc[nH]c3)n2)CCC1. The molecule has 0 spiro atoms. The van der Waals surface area contributed by atoms with Gasteiger partial charge in [-0.3, -0.25) is 4.79 Å². The van der Waals surface area contributed by atoms with E-state index in [0.29, 0.717) is 18.7 Å². The summed E-state index contributed by atoms with van der Waals surface area (Å²) in [7, 11) is 0. The summed E-state index contributed by atoms with van der Waals surface area (Å²) in [4.78, 5) is 23.0. The van der Waals surface area contributed by atoms with E-state index in [4.69, 9.17) is 0 Å². The Kier molecular flexibility index (Phi) is 2.40. The zero-order chi connectivity index (χ0) is 12.6. The molecule has 0 atom stereocenters. The fourth-order valence-corrected chi connectivity index (χ4v) is 2.30. The molecule has 18 heavy (non-hydrogen) atoms. The topological polar surface area (TPSA) is 78.9 Å². The van der Waals surface area contributed by atoms with Gasteiger partial charge in [-0.05, 0) is 25.0 Å². The third-order valence-corrected chi connectivity index (χ3v) is 3.59. The Morgan fingerprint density at radius 1 is 1.39 bits per heavy atom. The zero-order valence-corrected chi connectivity index (χ0v) is 9.76. The summed E-state index contributed by atoms with van der Waals surface area (Å²) in [6.45, 7) is 0. The Bertz CT molecular complexity index is 574. The standard InChI is InChI=1S/C13H13N3O2/c17-12(18)13(4-1-5-13)11-15-7-3-10(16-11)9-2-6-14-8-9/h2-3,6-8,14H,1,4-5H2,(H,17,18). The Hall–Kier alpha value is -2.17. The van der Waals surface area contributed by atoms with Crippen LogP contribution in [-0.4, -0.2) is 26.0 Å². The highest BCUT2D eigenvalue weighted by Crippen LogP contribution is 2.42. The molecule has 2 aromatic rings. The van der Waals surface area contributed by atoms with Crippen molar-refractivity contribution in [1.29, 1.82) is 0 Å². The molecule has 92 valence electrons. The summed E-state index contributed by atoms with van der Waals surface area (Å²) in [6, 6.07) is 3.70. The van der Waals surface area contributed by atoms with Crippen molar-refractivity contribution in [2.75, 3.05) is 0 Å². The van der Waals surface area contributed by atoms with Gasteiger partial charge in [0.1, 0.15) is 11.2 Å². The quantitative estimate of drug-likeness (QED) is 0.863. The van der Waals surface area contributed by atoms with Gasteiger partial charge in [0.25, 0.3) is 0 Å². The van der Waals surface area contributed by atoms with Crippen molar-refractivity contribution in [3.05, 3.63) is 36.5 Å². The molecule has 1 fully saturated rings. The Labute approximate surface area is 104 Å². The van der Waals surface area contributed by atoms with Crippen LogP contribution in [0.15, 0.2) is 30.7 Å². The molecule has 3 rings (SSSR count). The molecule has 2 N–H and O–H groups in total. The highest BCUT2D eigenvalue weighted by Gasteiger charge is 2.48. The summed E-state index contributed by atoms with van der Waals surface area (Å²) < 4.78 is 0. The molecule has 0 aliphatic heterocycles. The van der Waals surface area contributed by atoms with Crippen LogP contribution < -0.4 is 0 Å². The van der Waals surface area contributed by atoms with E-state index in [-0.39, 0.29) is 0 Å². The smallest absolute Gasteiger partial charge is 0.317 e. The van der Waals surface area contributed by atoms with Crippen molar-refractivity contribution in [2.45, 2.75) is 24.7 Å². The van der Waals surface area contributed by atoms with Gasteiger partial charge in [-0.2, -0.15) is 0 Å². The van der Waals surface area contributed by atoms with Gasteiger partial charge >= 0.3 is 5.97 Å². The lowest BCUT2D eigenvalue weighted by atomic mass is 9.68. The van der Waals surface area contributed by atoms with Crippen LogP contribution >= 0.6 is 0 Å². The number of carboxylic acid groups (broad SMARTS) is 1. The van der Waals surface area contributed by atoms with Gasteiger partial charge in [0.2, 0.25) is 0 Å². The van der Waals surface area contributed by atoms with E-state index in [9.17, 15) is 9.90 Å². The van der Waals surface area contributed by atoms with Crippen molar-refractivity contribution in [2.24, 2.45) is 0 Å². The van der Waals surface area contributed by atoms with Crippen molar-refractivity contribution in [1.82, 2.24) is 15.0 Å². The van der Waals surface area contributed by atoms with Crippen LogP contribution in [0.3, 0.4) is 0 Å². The number of carboxylic acids is 1. The normalized spacial score (nSPS) is 17.1. The molecule has 1 aliphatic rings. The van der Waals surface area contributed by atoms with Crippen molar-refractivity contribution < 1.29 is 9.90 Å². The number of nitrogens with one attached hydrogen (secondary N) is 1. The molecule has 0 radical (unpaired) electrons. The fourth-order valence-electron chi connectivity index (χ4n) is 2.30. The number of H-pyrrole nitrogens is 1. The van der Waals surface area contributed by atoms with Crippen molar-refractivity contribution in [3.8, 4) is 11.3 Å². The van der Waals surface area contributed by atoms with Gasteiger partial charge in [-0.1, -0.05) is 6.42 Å². The van der Waals surface area contributed by atoms with E-state index in [2.05, 4.69) is 15.0 Å². The number of aromatic amines is 1. The predicted molar refractivity (Wildman–Crippen MR) is 65.0 cm³/mol. The number of hydrogen-bond acceptors (Lipinski definition) is 3. The summed E-state index contributed by atoms with van der Waals surface area (Å²) >= 11 is 0. The first-order valence-electron chi connectivity index (χ1n) is 5.92. The molecule has 2 heterocycles. The van der Waals surface area contributed by atoms with E-state index >= 15 is 0 Å². The Morgan fingerprint density at radius 3 is 2.78 bits per heavy atom. The number of nitrogens with zero attached hydrogens (tertiary/aromatic N) is 2. The van der Waals surface area contributed by atoms with Gasteiger partial charge in [-0.25, -0.2) is 9.97 Å². The highest BCUT2D eigenvalue weighted by atomic mass is 16.4. The van der Waals surface area contributed by atoms with E-state index in [0.717, 1.165) is 17.7 Å². The first-order valence-corrected chi connectivity index (χ1v) is 5.92. The summed E-state index contributed by atoms with van der Waals surface area (Å²) in [6.07, 6.45) is 7.45. The molecule has 0 aromatic carbocycles. The second kappa shape index (κ2) is 3.94. The molecule has 0 unspecified atom stereocenters. The van der Waals surface area contributed by atoms with E-state index in [1.165, 1.54) is 0 Å². The minimum atomic E-state index is -0.869. The second-order valence-electron chi connectivity index (χ2n) is 4.61. The lowest BCUT2D eigenvalue weighted by Gasteiger charge is -2.35. The maximum atomic E-state index is 11.4. The molecule has 1 saturated carbocycles. The fraction of sp³-hybridized carbons (Fsp3) is 0.308. The molecular weight excluding hydrogens is 230 g/mol. The molecule has 5 heteroatoms. The lowest BCUT2D eigenvalue weighted by molar-refractivity contribution is -0.147. The molecule has 0 saturated heterocycles. The number of rotatable bonds is 3. The van der Waals surface area contributed by atoms with E-state index < -0.39 is 11.4 Å². The Balaban J connectivity index is 2.04. The minimum absolute atomic E-state index is 0.431. The largest absolute Gasteiger partial charge is 0.480 e. The van der Waals surface area contributed by atoms with Crippen LogP contribution in [-0.2, 0) is 10.2 Å². The number of aliphatic carboxylic acids is 1. The third-order valence-electron chi connectivity index (χ3n) is 3.59. The second-order valence-corrected chi connectivity index (χ2v) is 4.61. The maximum absolute atomic E-state index is 11.4. The van der Waals surface area contributed by atoms with Crippen LogP contribution in [0, 0.1) is 0 Å². The highest BCUT2D eigenvalue weighted by molar-refractivity contribution is 5.81. The molecule has 0 amide bonds. The van der Waals surface area contributed by atoms with Crippen molar-refractivity contribution >= 4 is 5.97 Å². The zero-order valence-electron chi connectivity index (χ0n) is 9.76. The number of carbonyl (C=O) groups is 1. The van der Waals surface area contributed by atoms with Gasteiger partial charge in [0.15, 0.2) is 0 Å². The summed E-state index contributed by atoms with van der Waals surface area (Å²) in [5.41, 5.74) is 0.832. The van der Waals surface area contributed by atoms with Crippen LogP contribution in [0.1, 0.15) is 25.1 Å². The molecular formula is C13H13N3O2. The lowest BCUT2D eigenvalue weighted by Crippen LogP contribution is -2.43. The van der Waals surface area contributed by atoms with Crippen LogP contribution in [0.2, 0.25) is 0 Å². The van der Waals surface area contributed by atoms with E-state index in [1.807, 2.05) is 18.5 Å². The van der Waals surface area contributed by atoms with Crippen molar-refractivity contribution in [3.63, 3.8) is 0 Å².